The van der Waals surface area contributed by atoms with Gasteiger partial charge in [0.2, 0.25) is 6.10 Å². The molecule has 1 N–H and O–H groups in total. The molecule has 1 atom stereocenters. The Balaban J connectivity index is 1.35. The standard InChI is InChI=1S/C19H18F3N3O3/c20-19(21,22)13-5-6-17(23-11-13)24-7-9-25(10-8-24)18(26)16-12-27-14-3-1-2-4-15(14)28-16/h1-6,11,16H,7-10,12H2/p+1/t16-/m0/s1. The molecule has 2 aromatic rings. The summed E-state index contributed by atoms with van der Waals surface area (Å²) in [6.07, 6.45) is -4.11. The number of nitrogens with zero attached hydrogens (tertiary/aromatic N) is 2. The third-order valence-corrected chi connectivity index (χ3v) is 4.84. The van der Waals surface area contributed by atoms with E-state index in [1.807, 2.05) is 17.0 Å². The van der Waals surface area contributed by atoms with E-state index in [1.54, 1.807) is 17.0 Å². The third kappa shape index (κ3) is 3.69. The number of H-pyrrole nitrogens is 1. The fraction of sp³-hybridized carbons (Fsp3) is 0.368. The van der Waals surface area contributed by atoms with Gasteiger partial charge in [-0.1, -0.05) is 12.1 Å². The van der Waals surface area contributed by atoms with Gasteiger partial charge in [0.15, 0.2) is 11.5 Å². The molecule has 28 heavy (non-hydrogen) atoms. The quantitative estimate of drug-likeness (QED) is 0.782. The minimum absolute atomic E-state index is 0.148. The molecule has 0 radical (unpaired) electrons. The van der Waals surface area contributed by atoms with Crippen LogP contribution in [0.3, 0.4) is 0 Å². The van der Waals surface area contributed by atoms with E-state index < -0.39 is 17.8 Å². The van der Waals surface area contributed by atoms with Crippen molar-refractivity contribution in [2.24, 2.45) is 0 Å². The molecule has 1 amide bonds. The number of piperazine rings is 1. The number of ether oxygens (including phenoxy) is 2. The molecule has 1 fully saturated rings. The summed E-state index contributed by atoms with van der Waals surface area (Å²) in [6, 6.07) is 9.65. The summed E-state index contributed by atoms with van der Waals surface area (Å²) in [5.74, 6) is 1.61. The van der Waals surface area contributed by atoms with Gasteiger partial charge in [0.25, 0.3) is 11.7 Å². The molecular weight excluding hydrogens is 375 g/mol. The first-order valence-corrected chi connectivity index (χ1v) is 8.93. The molecule has 1 aromatic heterocycles. The molecule has 3 heterocycles. The van der Waals surface area contributed by atoms with Crippen LogP contribution in [-0.4, -0.2) is 49.7 Å². The summed E-state index contributed by atoms with van der Waals surface area (Å²) in [5.41, 5.74) is -0.722. The van der Waals surface area contributed by atoms with Gasteiger partial charge in [-0.15, -0.1) is 0 Å². The number of benzene rings is 1. The minimum Gasteiger partial charge on any atom is -0.485 e. The van der Waals surface area contributed by atoms with Crippen molar-refractivity contribution in [3.8, 4) is 11.5 Å². The summed E-state index contributed by atoms with van der Waals surface area (Å²) in [6.45, 7) is 2.09. The summed E-state index contributed by atoms with van der Waals surface area (Å²) in [5, 5.41) is 0. The monoisotopic (exact) mass is 394 g/mol. The lowest BCUT2D eigenvalue weighted by molar-refractivity contribution is -0.367. The van der Waals surface area contributed by atoms with Crippen molar-refractivity contribution >= 4 is 11.7 Å². The maximum Gasteiger partial charge on any atom is 0.419 e. The largest absolute Gasteiger partial charge is 0.485 e. The van der Waals surface area contributed by atoms with Gasteiger partial charge in [-0.25, -0.2) is 4.98 Å². The van der Waals surface area contributed by atoms with E-state index in [0.29, 0.717) is 43.5 Å². The fourth-order valence-electron chi connectivity index (χ4n) is 3.30. The van der Waals surface area contributed by atoms with Crippen LogP contribution >= 0.6 is 0 Å². The van der Waals surface area contributed by atoms with E-state index in [-0.39, 0.29) is 12.5 Å². The number of halogens is 3. The van der Waals surface area contributed by atoms with Crippen LogP contribution in [0, 0.1) is 0 Å². The van der Waals surface area contributed by atoms with E-state index >= 15 is 0 Å². The van der Waals surface area contributed by atoms with Gasteiger partial charge in [0.1, 0.15) is 25.9 Å². The van der Waals surface area contributed by atoms with Crippen LogP contribution in [0.5, 0.6) is 11.5 Å². The zero-order chi connectivity index (χ0) is 19.7. The normalized spacial score (nSPS) is 19.5. The number of anilines is 1. The van der Waals surface area contributed by atoms with Crippen LogP contribution in [0.1, 0.15) is 5.56 Å². The van der Waals surface area contributed by atoms with Gasteiger partial charge in [-0.2, -0.15) is 13.2 Å². The molecule has 0 spiro atoms. The van der Waals surface area contributed by atoms with E-state index in [1.165, 1.54) is 6.07 Å². The first kappa shape index (κ1) is 18.4. The highest BCUT2D eigenvalue weighted by molar-refractivity contribution is 5.82. The van der Waals surface area contributed by atoms with Crippen molar-refractivity contribution in [2.75, 3.05) is 37.7 Å². The molecule has 0 unspecified atom stereocenters. The molecular formula is C19H19F3N3O3+. The average molecular weight is 394 g/mol. The number of aromatic amines is 1. The SMILES string of the molecule is O=C([C@@H]1COc2ccccc2O1)N1CCN(c2ccc(C(F)(F)F)c[nH+]2)CC1. The van der Waals surface area contributed by atoms with Crippen molar-refractivity contribution in [2.45, 2.75) is 12.3 Å². The molecule has 0 aliphatic carbocycles. The lowest BCUT2D eigenvalue weighted by Crippen LogP contribution is -2.54. The van der Waals surface area contributed by atoms with Crippen molar-refractivity contribution in [1.29, 1.82) is 0 Å². The van der Waals surface area contributed by atoms with E-state index in [9.17, 15) is 18.0 Å². The number of hydrogen-bond acceptors (Lipinski definition) is 4. The number of carbonyl (C=O) groups excluding carboxylic acids is 1. The molecule has 2 aliphatic rings. The highest BCUT2D eigenvalue weighted by Gasteiger charge is 2.35. The van der Waals surface area contributed by atoms with Crippen LogP contribution in [-0.2, 0) is 11.0 Å². The zero-order valence-corrected chi connectivity index (χ0v) is 14.9. The van der Waals surface area contributed by atoms with Crippen molar-refractivity contribution < 1.29 is 32.4 Å². The molecule has 9 heteroatoms. The maximum absolute atomic E-state index is 12.7. The number of aromatic nitrogens is 1. The number of amides is 1. The first-order chi connectivity index (χ1) is 13.4. The Morgan fingerprint density at radius 3 is 2.39 bits per heavy atom. The fourth-order valence-corrected chi connectivity index (χ4v) is 3.30. The lowest BCUT2D eigenvalue weighted by Gasteiger charge is -2.34. The summed E-state index contributed by atoms with van der Waals surface area (Å²) in [7, 11) is 0. The summed E-state index contributed by atoms with van der Waals surface area (Å²) in [4.78, 5) is 19.0. The Labute approximate surface area is 159 Å². The Hall–Kier alpha value is -2.97. The third-order valence-electron chi connectivity index (χ3n) is 4.84. The van der Waals surface area contributed by atoms with Gasteiger partial charge < -0.3 is 14.4 Å². The Morgan fingerprint density at radius 2 is 1.75 bits per heavy atom. The second-order valence-electron chi connectivity index (χ2n) is 6.64. The van der Waals surface area contributed by atoms with E-state index in [0.717, 1.165) is 12.3 Å². The second kappa shape index (κ2) is 7.21. The first-order valence-electron chi connectivity index (χ1n) is 8.93. The maximum atomic E-state index is 12.7. The average Bonchev–Trinajstić information content (AvgIpc) is 2.72. The predicted octanol–water partition coefficient (Wildman–Crippen LogP) is 2.01. The Kier molecular flexibility index (Phi) is 4.74. The number of carbonyl (C=O) groups is 1. The smallest absolute Gasteiger partial charge is 0.419 e. The highest BCUT2D eigenvalue weighted by atomic mass is 19.4. The van der Waals surface area contributed by atoms with E-state index in [4.69, 9.17) is 9.47 Å². The number of fused-ring (bicyclic) bond motifs is 1. The van der Waals surface area contributed by atoms with Gasteiger partial charge in [0.05, 0.1) is 18.7 Å². The Bertz CT molecular complexity index is 849. The molecule has 1 saturated heterocycles. The molecule has 6 nitrogen and oxygen atoms in total. The van der Waals surface area contributed by atoms with Crippen LogP contribution in [0.2, 0.25) is 0 Å². The van der Waals surface area contributed by atoms with Gasteiger partial charge in [0, 0.05) is 6.07 Å². The topological polar surface area (TPSA) is 56.2 Å². The molecule has 2 aliphatic heterocycles. The van der Waals surface area contributed by atoms with Gasteiger partial charge in [-0.3, -0.25) is 9.69 Å². The molecule has 0 bridgehead atoms. The number of hydrogen-bond donors (Lipinski definition) is 0. The molecule has 4 rings (SSSR count). The number of alkyl halides is 3. The number of nitrogens with one attached hydrogen (secondary N) is 1. The molecule has 148 valence electrons. The Morgan fingerprint density at radius 1 is 1.04 bits per heavy atom. The van der Waals surface area contributed by atoms with Gasteiger partial charge in [-0.05, 0) is 18.2 Å². The predicted molar refractivity (Wildman–Crippen MR) is 93.1 cm³/mol. The minimum atomic E-state index is -4.37. The van der Waals surface area contributed by atoms with Crippen LogP contribution < -0.4 is 19.4 Å². The number of para-hydroxylation sites is 2. The highest BCUT2D eigenvalue weighted by Crippen LogP contribution is 2.31. The summed E-state index contributed by atoms with van der Waals surface area (Å²) >= 11 is 0. The van der Waals surface area contributed by atoms with E-state index in [2.05, 4.69) is 4.98 Å². The number of rotatable bonds is 2. The molecule has 0 saturated carbocycles. The van der Waals surface area contributed by atoms with Crippen molar-refractivity contribution in [3.05, 3.63) is 48.2 Å². The zero-order valence-electron chi connectivity index (χ0n) is 14.9. The van der Waals surface area contributed by atoms with Crippen LogP contribution in [0.25, 0.3) is 0 Å². The summed E-state index contributed by atoms with van der Waals surface area (Å²) < 4.78 is 49.4. The number of pyridine rings is 1. The van der Waals surface area contributed by atoms with Crippen LogP contribution in [0.4, 0.5) is 19.0 Å². The van der Waals surface area contributed by atoms with Gasteiger partial charge >= 0.3 is 6.18 Å². The second-order valence-corrected chi connectivity index (χ2v) is 6.64. The van der Waals surface area contributed by atoms with Crippen LogP contribution in [0.15, 0.2) is 42.6 Å². The lowest BCUT2D eigenvalue weighted by atomic mass is 10.2. The molecule has 1 aromatic carbocycles. The van der Waals surface area contributed by atoms with Crippen molar-refractivity contribution in [1.82, 2.24) is 4.90 Å². The van der Waals surface area contributed by atoms with Crippen molar-refractivity contribution in [3.63, 3.8) is 0 Å².